The van der Waals surface area contributed by atoms with Crippen LogP contribution in [-0.2, 0) is 14.3 Å². The molecule has 2 aromatic carbocycles. The molecule has 2 amide bonds. The summed E-state index contributed by atoms with van der Waals surface area (Å²) in [5.41, 5.74) is 1.96. The number of nitrogens with one attached hydrogen (secondary N) is 1. The van der Waals surface area contributed by atoms with Crippen LogP contribution >= 0.6 is 0 Å². The van der Waals surface area contributed by atoms with Crippen molar-refractivity contribution in [1.82, 2.24) is 10.2 Å². The summed E-state index contributed by atoms with van der Waals surface area (Å²) < 4.78 is 17.3. The lowest BCUT2D eigenvalue weighted by Crippen LogP contribution is -2.44. The highest BCUT2D eigenvalue weighted by molar-refractivity contribution is 5.78. The van der Waals surface area contributed by atoms with Crippen LogP contribution in [0.3, 0.4) is 0 Å². The molecular weight excluding hydrogens is 372 g/mol. The lowest BCUT2D eigenvalue weighted by atomic mass is 10.0. The zero-order chi connectivity index (χ0) is 20.2. The van der Waals surface area contributed by atoms with Gasteiger partial charge in [-0.1, -0.05) is 36.4 Å². The van der Waals surface area contributed by atoms with Gasteiger partial charge in [0.15, 0.2) is 11.5 Å². The number of hydrogen-bond acceptors (Lipinski definition) is 5. The molecule has 2 aromatic rings. The second-order valence-corrected chi connectivity index (χ2v) is 7.17. The van der Waals surface area contributed by atoms with Crippen LogP contribution in [0.1, 0.15) is 36.7 Å². The fourth-order valence-electron chi connectivity index (χ4n) is 3.62. The minimum absolute atomic E-state index is 0.00581. The molecule has 2 atom stereocenters. The van der Waals surface area contributed by atoms with Gasteiger partial charge < -0.3 is 24.4 Å². The molecule has 0 radical (unpaired) electrons. The van der Waals surface area contributed by atoms with Gasteiger partial charge in [-0.3, -0.25) is 9.59 Å². The molecule has 2 aliphatic rings. The number of carbonyl (C=O) groups is 2. The fraction of sp³-hybridized carbons (Fsp3) is 0.364. The molecule has 7 heteroatoms. The quantitative estimate of drug-likeness (QED) is 0.841. The Bertz CT molecular complexity index is 886. The summed E-state index contributed by atoms with van der Waals surface area (Å²) in [4.78, 5) is 25.7. The predicted octanol–water partition coefficient (Wildman–Crippen LogP) is 2.58. The molecule has 29 heavy (non-hydrogen) atoms. The zero-order valence-electron chi connectivity index (χ0n) is 16.3. The third kappa shape index (κ3) is 4.51. The number of benzene rings is 2. The Morgan fingerprint density at radius 1 is 1.00 bits per heavy atom. The van der Waals surface area contributed by atoms with Gasteiger partial charge in [-0.25, -0.2) is 0 Å². The number of ether oxygens (including phenoxy) is 3. The minimum Gasteiger partial charge on any atom is -0.454 e. The number of carbonyl (C=O) groups excluding carboxylic acids is 2. The maximum absolute atomic E-state index is 12.8. The van der Waals surface area contributed by atoms with Crippen LogP contribution in [0.2, 0.25) is 0 Å². The van der Waals surface area contributed by atoms with Gasteiger partial charge in [-0.15, -0.1) is 0 Å². The summed E-state index contributed by atoms with van der Waals surface area (Å²) in [6.07, 6.45) is -0.257. The van der Waals surface area contributed by atoms with E-state index < -0.39 is 0 Å². The summed E-state index contributed by atoms with van der Waals surface area (Å²) in [6.45, 7) is 2.91. The fourth-order valence-corrected chi connectivity index (χ4v) is 3.62. The molecule has 1 N–H and O–H groups in total. The van der Waals surface area contributed by atoms with Crippen molar-refractivity contribution < 1.29 is 23.8 Å². The molecule has 0 spiro atoms. The number of morpholine rings is 1. The van der Waals surface area contributed by atoms with Crippen molar-refractivity contribution in [2.24, 2.45) is 0 Å². The van der Waals surface area contributed by atoms with E-state index in [0.717, 1.165) is 11.1 Å². The molecule has 1 saturated heterocycles. The molecule has 0 aromatic heterocycles. The predicted molar refractivity (Wildman–Crippen MR) is 105 cm³/mol. The molecule has 0 aliphatic carbocycles. The van der Waals surface area contributed by atoms with Crippen LogP contribution < -0.4 is 14.8 Å². The van der Waals surface area contributed by atoms with Crippen molar-refractivity contribution in [3.63, 3.8) is 0 Å². The number of nitrogens with zero attached hydrogens (tertiary/aromatic N) is 1. The number of rotatable bonds is 5. The van der Waals surface area contributed by atoms with E-state index in [2.05, 4.69) is 5.32 Å². The number of amides is 2. The van der Waals surface area contributed by atoms with Crippen molar-refractivity contribution in [1.29, 1.82) is 0 Å². The van der Waals surface area contributed by atoms with E-state index in [9.17, 15) is 9.59 Å². The van der Waals surface area contributed by atoms with Crippen molar-refractivity contribution >= 4 is 11.8 Å². The molecule has 7 nitrogen and oxygen atoms in total. The third-order valence-electron chi connectivity index (χ3n) is 5.11. The lowest BCUT2D eigenvalue weighted by Gasteiger charge is -2.38. The Hall–Kier alpha value is -3.06. The van der Waals surface area contributed by atoms with E-state index >= 15 is 0 Å². The molecule has 4 rings (SSSR count). The van der Waals surface area contributed by atoms with Crippen LogP contribution in [0, 0.1) is 0 Å². The third-order valence-corrected chi connectivity index (χ3v) is 5.11. The first-order chi connectivity index (χ1) is 14.1. The Morgan fingerprint density at radius 2 is 1.72 bits per heavy atom. The Kier molecular flexibility index (Phi) is 5.67. The second-order valence-electron chi connectivity index (χ2n) is 7.17. The molecule has 2 aliphatic heterocycles. The molecule has 0 bridgehead atoms. The highest BCUT2D eigenvalue weighted by Gasteiger charge is 2.33. The average Bonchev–Trinajstić information content (AvgIpc) is 3.21. The monoisotopic (exact) mass is 396 g/mol. The highest BCUT2D eigenvalue weighted by atomic mass is 16.7. The second kappa shape index (κ2) is 8.53. The molecule has 1 fully saturated rings. The first-order valence-electron chi connectivity index (χ1n) is 9.72. The molecule has 2 heterocycles. The van der Waals surface area contributed by atoms with Crippen molar-refractivity contribution in [3.8, 4) is 11.5 Å². The molecule has 152 valence electrons. The Labute approximate surface area is 169 Å². The Morgan fingerprint density at radius 3 is 2.48 bits per heavy atom. The maximum atomic E-state index is 12.8. The topological polar surface area (TPSA) is 77.1 Å². The van der Waals surface area contributed by atoms with Gasteiger partial charge >= 0.3 is 0 Å². The first kappa shape index (κ1) is 19.3. The minimum atomic E-state index is -0.284. The maximum Gasteiger partial charge on any atom is 0.231 e. The van der Waals surface area contributed by atoms with Crippen molar-refractivity contribution in [2.45, 2.75) is 25.6 Å². The summed E-state index contributed by atoms with van der Waals surface area (Å²) in [5.74, 6) is 1.26. The van der Waals surface area contributed by atoms with Gasteiger partial charge in [0.2, 0.25) is 18.6 Å². The largest absolute Gasteiger partial charge is 0.454 e. The van der Waals surface area contributed by atoms with Gasteiger partial charge in [0.05, 0.1) is 13.1 Å². The van der Waals surface area contributed by atoms with Crippen LogP contribution in [0.5, 0.6) is 11.5 Å². The Balaban J connectivity index is 1.54. The van der Waals surface area contributed by atoms with E-state index in [1.165, 1.54) is 6.92 Å². The SMILES string of the molecule is CC(=O)NCCC(=O)N1C[C@@H](c2ccccc2)O[C@@H](c2ccc3c(c2)OCO3)C1. The van der Waals surface area contributed by atoms with Crippen LogP contribution in [0.25, 0.3) is 0 Å². The van der Waals surface area contributed by atoms with Gasteiger partial charge in [0.1, 0.15) is 12.2 Å². The van der Waals surface area contributed by atoms with Gasteiger partial charge in [0.25, 0.3) is 0 Å². The smallest absolute Gasteiger partial charge is 0.231 e. The van der Waals surface area contributed by atoms with E-state index in [0.29, 0.717) is 31.1 Å². The lowest BCUT2D eigenvalue weighted by molar-refractivity contribution is -0.146. The summed E-state index contributed by atoms with van der Waals surface area (Å²) in [7, 11) is 0. The van der Waals surface area contributed by atoms with Crippen LogP contribution in [0.15, 0.2) is 48.5 Å². The van der Waals surface area contributed by atoms with E-state index in [1.54, 1.807) is 0 Å². The molecule has 0 saturated carbocycles. The number of hydrogen-bond donors (Lipinski definition) is 1. The van der Waals surface area contributed by atoms with E-state index in [1.807, 2.05) is 53.4 Å². The van der Waals surface area contributed by atoms with E-state index in [4.69, 9.17) is 14.2 Å². The average molecular weight is 396 g/mol. The normalized spacial score (nSPS) is 20.4. The zero-order valence-corrected chi connectivity index (χ0v) is 16.3. The standard InChI is InChI=1S/C22H24N2O5/c1-15(25)23-10-9-22(26)24-12-20(16-5-3-2-4-6-16)29-21(13-24)17-7-8-18-19(11-17)28-14-27-18/h2-8,11,20-21H,9-10,12-14H2,1H3,(H,23,25)/t20-,21+/m0/s1. The van der Waals surface area contributed by atoms with E-state index in [-0.39, 0.29) is 37.2 Å². The first-order valence-corrected chi connectivity index (χ1v) is 9.72. The van der Waals surface area contributed by atoms with Crippen LogP contribution in [-0.4, -0.2) is 43.1 Å². The van der Waals surface area contributed by atoms with Gasteiger partial charge in [-0.2, -0.15) is 0 Å². The van der Waals surface area contributed by atoms with Crippen molar-refractivity contribution in [2.75, 3.05) is 26.4 Å². The highest BCUT2D eigenvalue weighted by Crippen LogP contribution is 2.38. The van der Waals surface area contributed by atoms with Crippen LogP contribution in [0.4, 0.5) is 0 Å². The van der Waals surface area contributed by atoms with Gasteiger partial charge in [0, 0.05) is 19.9 Å². The van der Waals surface area contributed by atoms with Gasteiger partial charge in [-0.05, 0) is 23.3 Å². The molecule has 0 unspecified atom stereocenters. The number of fused-ring (bicyclic) bond motifs is 1. The summed E-state index contributed by atoms with van der Waals surface area (Å²) in [6, 6.07) is 15.6. The summed E-state index contributed by atoms with van der Waals surface area (Å²) in [5, 5.41) is 2.68. The van der Waals surface area contributed by atoms with Crippen molar-refractivity contribution in [3.05, 3.63) is 59.7 Å². The molecular formula is C22H24N2O5. The summed E-state index contributed by atoms with van der Waals surface area (Å²) >= 11 is 0.